The second-order valence-electron chi connectivity index (χ2n) is 3.92. The van der Waals surface area contributed by atoms with Crippen molar-refractivity contribution in [3.05, 3.63) is 0 Å². The van der Waals surface area contributed by atoms with Crippen molar-refractivity contribution in [3.8, 4) is 0 Å². The first-order chi connectivity index (χ1) is 9.51. The van der Waals surface area contributed by atoms with Gasteiger partial charge in [0.15, 0.2) is 11.0 Å². The number of nitrogens with one attached hydrogen (secondary N) is 2. The van der Waals surface area contributed by atoms with E-state index < -0.39 is 17.7 Å². The van der Waals surface area contributed by atoms with Gasteiger partial charge in [0.2, 0.25) is 17.7 Å². The van der Waals surface area contributed by atoms with Crippen LogP contribution >= 0.6 is 12.2 Å². The Bertz CT molecular complexity index is 452. The molecule has 0 aromatic heterocycles. The molecule has 1 atom stereocenters. The third-order valence-corrected chi connectivity index (χ3v) is 2.90. The molecule has 0 bridgehead atoms. The zero-order chi connectivity index (χ0) is 15.1. The van der Waals surface area contributed by atoms with Gasteiger partial charge in [-0.15, -0.1) is 0 Å². The number of nitrogens with zero attached hydrogens (tertiary/aromatic N) is 2. The van der Waals surface area contributed by atoms with Gasteiger partial charge in [-0.2, -0.15) is 0 Å². The summed E-state index contributed by atoms with van der Waals surface area (Å²) in [6, 6.07) is 0. The van der Waals surface area contributed by atoms with Crippen LogP contribution in [0.15, 0.2) is 4.99 Å². The smallest absolute Gasteiger partial charge is 0.246 e. The Morgan fingerprint density at radius 3 is 2.90 bits per heavy atom. The van der Waals surface area contributed by atoms with E-state index in [4.69, 9.17) is 17.0 Å². The molecule has 1 rings (SSSR count). The summed E-state index contributed by atoms with van der Waals surface area (Å²) in [4.78, 5) is 39.9. The molecule has 0 saturated carbocycles. The number of thiocarbonyl (C=S) groups is 1. The summed E-state index contributed by atoms with van der Waals surface area (Å²) in [5.74, 6) is -2.41. The largest absolute Gasteiger partial charge is 0.383 e. The van der Waals surface area contributed by atoms with Gasteiger partial charge in [-0.25, -0.2) is 0 Å². The third kappa shape index (κ3) is 4.07. The molecule has 20 heavy (non-hydrogen) atoms. The first-order valence-electron chi connectivity index (χ1n) is 5.87. The number of aliphatic imine (C=N–C) groups is 1. The lowest BCUT2D eigenvalue weighted by atomic mass is 10.1. The van der Waals surface area contributed by atoms with Crippen LogP contribution in [0.3, 0.4) is 0 Å². The molecule has 0 radical (unpaired) electrons. The number of ether oxygens (including phenoxy) is 1. The Labute approximate surface area is 121 Å². The van der Waals surface area contributed by atoms with Crippen molar-refractivity contribution in [1.82, 2.24) is 15.5 Å². The Balaban J connectivity index is 2.73. The first kappa shape index (κ1) is 16.2. The Morgan fingerprint density at radius 1 is 1.60 bits per heavy atom. The second kappa shape index (κ2) is 7.65. The molecular formula is C11H16N4O4S. The Morgan fingerprint density at radius 2 is 2.30 bits per heavy atom. The summed E-state index contributed by atoms with van der Waals surface area (Å²) in [5, 5.41) is 4.85. The Kier molecular flexibility index (Phi) is 6.19. The standard InChI is InChI=1S/C11H16N4O4S/c1-12-8(16)6-13-5-7-9(17)14-11(20)15(10(7)18)3-4-19-2/h5,7H,3-4,6H2,1-2H3,(H,12,16)(H,14,17,20). The minimum atomic E-state index is -1.08. The molecule has 110 valence electrons. The van der Waals surface area contributed by atoms with E-state index in [0.29, 0.717) is 6.61 Å². The molecule has 0 aliphatic carbocycles. The fraction of sp³-hybridized carbons (Fsp3) is 0.545. The van der Waals surface area contributed by atoms with Gasteiger partial charge in [0.25, 0.3) is 0 Å². The van der Waals surface area contributed by atoms with Gasteiger partial charge < -0.3 is 15.4 Å². The number of hydrogen-bond acceptors (Lipinski definition) is 6. The van der Waals surface area contributed by atoms with Gasteiger partial charge >= 0.3 is 0 Å². The van der Waals surface area contributed by atoms with E-state index in [1.807, 2.05) is 0 Å². The van der Waals surface area contributed by atoms with Crippen LogP contribution in [0, 0.1) is 5.92 Å². The van der Waals surface area contributed by atoms with Crippen molar-refractivity contribution in [1.29, 1.82) is 0 Å². The van der Waals surface area contributed by atoms with Crippen molar-refractivity contribution < 1.29 is 19.1 Å². The molecule has 0 aromatic carbocycles. The SMILES string of the molecule is CNC(=O)CN=CC1C(=O)NC(=S)N(CCOC)C1=O. The average molecular weight is 300 g/mol. The fourth-order valence-electron chi connectivity index (χ4n) is 1.48. The van der Waals surface area contributed by atoms with Crippen molar-refractivity contribution in [2.75, 3.05) is 33.9 Å². The minimum absolute atomic E-state index is 0.0491. The number of rotatable bonds is 6. The molecular weight excluding hydrogens is 284 g/mol. The molecule has 1 fully saturated rings. The third-order valence-electron chi connectivity index (χ3n) is 2.58. The average Bonchev–Trinajstić information content (AvgIpc) is 2.41. The van der Waals surface area contributed by atoms with Gasteiger partial charge in [-0.3, -0.25) is 24.3 Å². The maximum atomic E-state index is 12.1. The van der Waals surface area contributed by atoms with E-state index in [1.165, 1.54) is 19.1 Å². The number of carbonyl (C=O) groups is 3. The molecule has 1 aliphatic rings. The highest BCUT2D eigenvalue weighted by atomic mass is 32.1. The summed E-state index contributed by atoms with van der Waals surface area (Å²) in [5.41, 5.74) is 0. The molecule has 1 unspecified atom stereocenters. The van der Waals surface area contributed by atoms with Crippen LogP contribution in [0.2, 0.25) is 0 Å². The number of carbonyl (C=O) groups excluding carboxylic acids is 3. The van der Waals surface area contributed by atoms with Crippen LogP contribution in [-0.2, 0) is 19.1 Å². The van der Waals surface area contributed by atoms with E-state index in [1.54, 1.807) is 0 Å². The monoisotopic (exact) mass is 300 g/mol. The van der Waals surface area contributed by atoms with Crippen LogP contribution in [0.1, 0.15) is 0 Å². The zero-order valence-electron chi connectivity index (χ0n) is 11.2. The number of likely N-dealkylation sites (N-methyl/N-ethyl adjacent to an activating group) is 1. The molecule has 1 aliphatic heterocycles. The number of hydrogen-bond donors (Lipinski definition) is 2. The van der Waals surface area contributed by atoms with Crippen LogP contribution in [0.25, 0.3) is 0 Å². The summed E-state index contributed by atoms with van der Waals surface area (Å²) >= 11 is 4.93. The molecule has 0 spiro atoms. The summed E-state index contributed by atoms with van der Waals surface area (Å²) in [7, 11) is 2.97. The molecule has 2 N–H and O–H groups in total. The fourth-order valence-corrected chi connectivity index (χ4v) is 1.76. The van der Waals surface area contributed by atoms with E-state index in [0.717, 1.165) is 6.21 Å². The summed E-state index contributed by atoms with van der Waals surface area (Å²) in [6.07, 6.45) is 1.16. The zero-order valence-corrected chi connectivity index (χ0v) is 12.0. The van der Waals surface area contributed by atoms with Crippen molar-refractivity contribution >= 4 is 41.3 Å². The van der Waals surface area contributed by atoms with E-state index in [9.17, 15) is 14.4 Å². The van der Waals surface area contributed by atoms with Gasteiger partial charge in [0.1, 0.15) is 6.54 Å². The quantitative estimate of drug-likeness (QED) is 0.346. The lowest BCUT2D eigenvalue weighted by Crippen LogP contribution is -2.58. The highest BCUT2D eigenvalue weighted by Crippen LogP contribution is 2.09. The number of methoxy groups -OCH3 is 1. The highest BCUT2D eigenvalue weighted by Gasteiger charge is 2.37. The van der Waals surface area contributed by atoms with Crippen LogP contribution in [0.4, 0.5) is 0 Å². The van der Waals surface area contributed by atoms with Gasteiger partial charge in [-0.1, -0.05) is 0 Å². The highest BCUT2D eigenvalue weighted by molar-refractivity contribution is 7.80. The van der Waals surface area contributed by atoms with E-state index in [-0.39, 0.29) is 24.1 Å². The predicted molar refractivity (Wildman–Crippen MR) is 75.2 cm³/mol. The van der Waals surface area contributed by atoms with E-state index >= 15 is 0 Å². The van der Waals surface area contributed by atoms with Crippen LogP contribution < -0.4 is 10.6 Å². The maximum Gasteiger partial charge on any atom is 0.246 e. The van der Waals surface area contributed by atoms with Crippen LogP contribution in [0.5, 0.6) is 0 Å². The number of amides is 3. The molecule has 0 aromatic rings. The van der Waals surface area contributed by atoms with Gasteiger partial charge in [0, 0.05) is 20.4 Å². The van der Waals surface area contributed by atoms with Gasteiger partial charge in [0.05, 0.1) is 13.2 Å². The van der Waals surface area contributed by atoms with Crippen molar-refractivity contribution in [2.24, 2.45) is 10.9 Å². The van der Waals surface area contributed by atoms with Crippen molar-refractivity contribution in [3.63, 3.8) is 0 Å². The first-order valence-corrected chi connectivity index (χ1v) is 6.27. The summed E-state index contributed by atoms with van der Waals surface area (Å²) in [6.45, 7) is 0.397. The lowest BCUT2D eigenvalue weighted by molar-refractivity contribution is -0.138. The summed E-state index contributed by atoms with van der Waals surface area (Å²) < 4.78 is 4.88. The molecule has 8 nitrogen and oxygen atoms in total. The minimum Gasteiger partial charge on any atom is -0.383 e. The normalized spacial score (nSPS) is 19.4. The maximum absolute atomic E-state index is 12.1. The van der Waals surface area contributed by atoms with Crippen LogP contribution in [-0.4, -0.2) is 67.8 Å². The van der Waals surface area contributed by atoms with Crippen molar-refractivity contribution in [2.45, 2.75) is 0 Å². The molecule has 9 heteroatoms. The molecule has 3 amide bonds. The lowest BCUT2D eigenvalue weighted by Gasteiger charge is -2.30. The van der Waals surface area contributed by atoms with E-state index in [2.05, 4.69) is 15.6 Å². The molecule has 1 saturated heterocycles. The second-order valence-corrected chi connectivity index (χ2v) is 4.30. The predicted octanol–water partition coefficient (Wildman–Crippen LogP) is -1.69. The topological polar surface area (TPSA) is 100 Å². The van der Waals surface area contributed by atoms with Gasteiger partial charge in [-0.05, 0) is 12.2 Å². The molecule has 1 heterocycles. The Hall–Kier alpha value is -1.87.